The second-order valence-corrected chi connectivity index (χ2v) is 4.45. The molecular weight excluding hydrogens is 301 g/mol. The number of nitrogens with zero attached hydrogens (tertiary/aromatic N) is 4. The van der Waals surface area contributed by atoms with E-state index in [1.54, 1.807) is 23.2 Å². The Kier molecular flexibility index (Phi) is 5.45. The molecule has 0 aliphatic rings. The second-order valence-electron chi connectivity index (χ2n) is 4.45. The highest BCUT2D eigenvalue weighted by atomic mass is 19.4. The van der Waals surface area contributed by atoms with Gasteiger partial charge in [-0.25, -0.2) is 9.97 Å². The van der Waals surface area contributed by atoms with Crippen LogP contribution >= 0.6 is 0 Å². The lowest BCUT2D eigenvalue weighted by Crippen LogP contribution is -2.32. The summed E-state index contributed by atoms with van der Waals surface area (Å²) in [5.41, 5.74) is 1.04. The number of anilines is 1. The monoisotopic (exact) mass is 316 g/mol. The van der Waals surface area contributed by atoms with E-state index in [0.717, 1.165) is 0 Å². The van der Waals surface area contributed by atoms with Crippen LogP contribution in [0.4, 0.5) is 19.0 Å². The van der Waals surface area contributed by atoms with Gasteiger partial charge >= 0.3 is 6.18 Å². The summed E-state index contributed by atoms with van der Waals surface area (Å²) in [6, 6.07) is 3.39. The maximum atomic E-state index is 12.0. The number of halogens is 3. The highest BCUT2D eigenvalue weighted by Gasteiger charge is 2.27. The minimum atomic E-state index is -4.35. The molecule has 0 amide bonds. The zero-order chi connectivity index (χ0) is 16.0. The van der Waals surface area contributed by atoms with Gasteiger partial charge in [-0.3, -0.25) is 4.98 Å². The van der Waals surface area contributed by atoms with Crippen molar-refractivity contribution in [2.24, 2.45) is 0 Å². The zero-order valence-corrected chi connectivity index (χ0v) is 11.6. The van der Waals surface area contributed by atoms with Crippen LogP contribution in [0.3, 0.4) is 0 Å². The van der Waals surface area contributed by atoms with E-state index in [0.29, 0.717) is 17.0 Å². The van der Waals surface area contributed by atoms with Crippen LogP contribution in [0.25, 0.3) is 11.2 Å². The number of alkyl halides is 3. The van der Waals surface area contributed by atoms with Gasteiger partial charge in [0.05, 0.1) is 13.2 Å². The van der Waals surface area contributed by atoms with E-state index in [-0.39, 0.29) is 26.3 Å². The van der Waals surface area contributed by atoms with Crippen LogP contribution in [0, 0.1) is 0 Å². The van der Waals surface area contributed by atoms with Crippen molar-refractivity contribution in [2.45, 2.75) is 6.18 Å². The number of hydrogen-bond acceptors (Lipinski definition) is 6. The van der Waals surface area contributed by atoms with Gasteiger partial charge in [0.1, 0.15) is 17.9 Å². The number of ether oxygens (including phenoxy) is 1. The van der Waals surface area contributed by atoms with E-state index in [4.69, 9.17) is 5.11 Å². The maximum Gasteiger partial charge on any atom is 0.411 e. The van der Waals surface area contributed by atoms with Gasteiger partial charge in [0.15, 0.2) is 5.65 Å². The largest absolute Gasteiger partial charge is 0.411 e. The Morgan fingerprint density at radius 2 is 1.91 bits per heavy atom. The van der Waals surface area contributed by atoms with Crippen LogP contribution in [0.15, 0.2) is 24.5 Å². The van der Waals surface area contributed by atoms with Crippen LogP contribution in [-0.4, -0.2) is 59.1 Å². The summed E-state index contributed by atoms with van der Waals surface area (Å²) in [5.74, 6) is 0.498. The van der Waals surface area contributed by atoms with Gasteiger partial charge in [-0.1, -0.05) is 0 Å². The van der Waals surface area contributed by atoms with Crippen molar-refractivity contribution < 1.29 is 23.0 Å². The fraction of sp³-hybridized carbons (Fsp3) is 0.462. The number of pyridine rings is 1. The van der Waals surface area contributed by atoms with E-state index in [1.807, 2.05) is 0 Å². The number of hydrogen-bond donors (Lipinski definition) is 1. The third kappa shape index (κ3) is 4.78. The molecule has 2 aromatic rings. The molecule has 0 spiro atoms. The first-order valence-electron chi connectivity index (χ1n) is 6.57. The molecule has 120 valence electrons. The molecule has 2 aromatic heterocycles. The van der Waals surface area contributed by atoms with Gasteiger partial charge in [0.25, 0.3) is 0 Å². The van der Waals surface area contributed by atoms with Crippen LogP contribution in [0.2, 0.25) is 0 Å². The summed E-state index contributed by atoms with van der Waals surface area (Å²) in [5, 5.41) is 9.08. The molecule has 0 unspecified atom stereocenters. The number of aliphatic hydroxyl groups is 1. The van der Waals surface area contributed by atoms with Crippen LogP contribution in [0.5, 0.6) is 0 Å². The summed E-state index contributed by atoms with van der Waals surface area (Å²) < 4.78 is 40.6. The minimum Gasteiger partial charge on any atom is -0.395 e. The van der Waals surface area contributed by atoms with E-state index in [9.17, 15) is 13.2 Å². The van der Waals surface area contributed by atoms with Gasteiger partial charge < -0.3 is 14.7 Å². The summed E-state index contributed by atoms with van der Waals surface area (Å²) in [6.07, 6.45) is -1.30. The van der Waals surface area contributed by atoms with E-state index < -0.39 is 12.8 Å². The molecular formula is C13H15F3N4O2. The van der Waals surface area contributed by atoms with Crippen LogP contribution < -0.4 is 4.90 Å². The Morgan fingerprint density at radius 1 is 1.14 bits per heavy atom. The highest BCUT2D eigenvalue weighted by molar-refractivity contribution is 5.71. The molecule has 0 fully saturated rings. The molecule has 0 saturated heterocycles. The Morgan fingerprint density at radius 3 is 2.64 bits per heavy atom. The molecule has 2 heterocycles. The summed E-state index contributed by atoms with van der Waals surface area (Å²) in [7, 11) is 0. The standard InChI is InChI=1S/C13H15F3N4O2/c14-13(15,16)9-22-8-6-20(5-7-21)11-2-1-10-12(19-11)18-4-3-17-10/h1-4,21H,5-9H2. The Bertz CT molecular complexity index is 609. The fourth-order valence-corrected chi connectivity index (χ4v) is 1.84. The average Bonchev–Trinajstić information content (AvgIpc) is 2.49. The number of fused-ring (bicyclic) bond motifs is 1. The van der Waals surface area contributed by atoms with Gasteiger partial charge in [-0.05, 0) is 12.1 Å². The number of aromatic nitrogens is 3. The SMILES string of the molecule is OCCN(CCOCC(F)(F)F)c1ccc2nccnc2n1. The van der Waals surface area contributed by atoms with Crippen molar-refractivity contribution in [2.75, 3.05) is 37.8 Å². The van der Waals surface area contributed by atoms with E-state index in [1.165, 1.54) is 6.20 Å². The van der Waals surface area contributed by atoms with Crippen LogP contribution in [-0.2, 0) is 4.74 Å². The van der Waals surface area contributed by atoms with Gasteiger partial charge in [-0.2, -0.15) is 13.2 Å². The first-order valence-corrected chi connectivity index (χ1v) is 6.57. The molecule has 9 heteroatoms. The molecule has 0 atom stereocenters. The first kappa shape index (κ1) is 16.4. The topological polar surface area (TPSA) is 71.4 Å². The predicted octanol–water partition coefficient (Wildman–Crippen LogP) is 1.40. The molecule has 6 nitrogen and oxygen atoms in total. The van der Waals surface area contributed by atoms with Gasteiger partial charge in [-0.15, -0.1) is 0 Å². The maximum absolute atomic E-state index is 12.0. The van der Waals surface area contributed by atoms with Crippen molar-refractivity contribution in [3.8, 4) is 0 Å². The summed E-state index contributed by atoms with van der Waals surface area (Å²) >= 11 is 0. The molecule has 0 bridgehead atoms. The predicted molar refractivity (Wildman–Crippen MR) is 73.5 cm³/mol. The fourth-order valence-electron chi connectivity index (χ4n) is 1.84. The lowest BCUT2D eigenvalue weighted by molar-refractivity contribution is -0.173. The molecule has 0 aromatic carbocycles. The highest BCUT2D eigenvalue weighted by Crippen LogP contribution is 2.16. The smallest absolute Gasteiger partial charge is 0.395 e. The summed E-state index contributed by atoms with van der Waals surface area (Å²) in [6.45, 7) is -1.17. The quantitative estimate of drug-likeness (QED) is 0.779. The first-order chi connectivity index (χ1) is 10.5. The van der Waals surface area contributed by atoms with Crippen molar-refractivity contribution >= 4 is 17.0 Å². The van der Waals surface area contributed by atoms with Gasteiger partial charge in [0.2, 0.25) is 0 Å². The number of rotatable bonds is 7. The lowest BCUT2D eigenvalue weighted by Gasteiger charge is -2.22. The third-order valence-electron chi connectivity index (χ3n) is 2.78. The molecule has 0 radical (unpaired) electrons. The van der Waals surface area contributed by atoms with Gasteiger partial charge in [0, 0.05) is 25.5 Å². The molecule has 0 aliphatic heterocycles. The normalized spacial score (nSPS) is 11.8. The van der Waals surface area contributed by atoms with Crippen LogP contribution in [0.1, 0.15) is 0 Å². The second kappa shape index (κ2) is 7.32. The minimum absolute atomic E-state index is 0.125. The lowest BCUT2D eigenvalue weighted by atomic mass is 10.3. The number of aliphatic hydroxyl groups excluding tert-OH is 1. The average molecular weight is 316 g/mol. The summed E-state index contributed by atoms with van der Waals surface area (Å²) in [4.78, 5) is 14.1. The Hall–Kier alpha value is -2.00. The molecule has 22 heavy (non-hydrogen) atoms. The zero-order valence-electron chi connectivity index (χ0n) is 11.6. The molecule has 0 saturated carbocycles. The van der Waals surface area contributed by atoms with Crippen molar-refractivity contribution in [1.29, 1.82) is 0 Å². The van der Waals surface area contributed by atoms with Crippen molar-refractivity contribution in [3.63, 3.8) is 0 Å². The van der Waals surface area contributed by atoms with Crippen molar-refractivity contribution in [3.05, 3.63) is 24.5 Å². The molecule has 2 rings (SSSR count). The third-order valence-corrected chi connectivity index (χ3v) is 2.78. The molecule has 1 N–H and O–H groups in total. The van der Waals surface area contributed by atoms with E-state index >= 15 is 0 Å². The van der Waals surface area contributed by atoms with Crippen molar-refractivity contribution in [1.82, 2.24) is 15.0 Å². The Labute approximate surface area is 124 Å². The molecule has 0 aliphatic carbocycles. The van der Waals surface area contributed by atoms with E-state index in [2.05, 4.69) is 19.7 Å². The Balaban J connectivity index is 2.02.